The molecule has 0 aliphatic carbocycles. The van der Waals surface area contributed by atoms with E-state index < -0.39 is 0 Å². The van der Waals surface area contributed by atoms with Crippen LogP contribution in [-0.4, -0.2) is 12.5 Å². The van der Waals surface area contributed by atoms with Gasteiger partial charge in [-0.25, -0.2) is 0 Å². The molecule has 0 aliphatic heterocycles. The van der Waals surface area contributed by atoms with E-state index in [-0.39, 0.29) is 12.5 Å². The van der Waals surface area contributed by atoms with E-state index in [9.17, 15) is 4.79 Å². The second-order valence-electron chi connectivity index (χ2n) is 2.35. The summed E-state index contributed by atoms with van der Waals surface area (Å²) in [5.41, 5.74) is 6.03. The molecule has 0 radical (unpaired) electrons. The van der Waals surface area contributed by atoms with Crippen molar-refractivity contribution in [3.63, 3.8) is 0 Å². The van der Waals surface area contributed by atoms with Crippen molar-refractivity contribution in [1.29, 1.82) is 0 Å². The van der Waals surface area contributed by atoms with Gasteiger partial charge in [-0.3, -0.25) is 4.79 Å². The second-order valence-corrected chi connectivity index (χ2v) is 2.35. The normalized spacial score (nSPS) is 8.36. The van der Waals surface area contributed by atoms with Crippen molar-refractivity contribution in [2.45, 2.75) is 6.61 Å². The molecule has 0 heterocycles. The van der Waals surface area contributed by atoms with Crippen LogP contribution in [0.3, 0.4) is 0 Å². The molecule has 0 saturated heterocycles. The Morgan fingerprint density at radius 3 is 2.36 bits per heavy atom. The van der Waals surface area contributed by atoms with Gasteiger partial charge in [-0.15, -0.1) is 13.2 Å². The molecule has 1 rings (SSSR count). The first-order chi connectivity index (χ1) is 6.83. The Kier molecular flexibility index (Phi) is 7.09. The standard InChI is InChI=1S/C9H11NO2.C2H4/c10-6-9(11)12-7-8-4-2-1-3-5-8;1-2/h1-5H,6-7,10H2;1-2H2. The Morgan fingerprint density at radius 1 is 1.29 bits per heavy atom. The molecule has 0 aliphatic rings. The number of hydrogen-bond acceptors (Lipinski definition) is 3. The summed E-state index contributed by atoms with van der Waals surface area (Å²) in [6, 6.07) is 9.49. The summed E-state index contributed by atoms with van der Waals surface area (Å²) in [5.74, 6) is -0.376. The van der Waals surface area contributed by atoms with Crippen molar-refractivity contribution in [2.24, 2.45) is 5.73 Å². The molecule has 0 spiro atoms. The number of benzene rings is 1. The molecule has 0 amide bonds. The number of esters is 1. The quantitative estimate of drug-likeness (QED) is 0.584. The summed E-state index contributed by atoms with van der Waals surface area (Å²) >= 11 is 0. The Balaban J connectivity index is 0.000000791. The average Bonchev–Trinajstić information content (AvgIpc) is 2.30. The number of rotatable bonds is 3. The molecule has 0 atom stereocenters. The maximum Gasteiger partial charge on any atom is 0.320 e. The van der Waals surface area contributed by atoms with E-state index >= 15 is 0 Å². The first-order valence-electron chi connectivity index (χ1n) is 4.22. The zero-order valence-electron chi connectivity index (χ0n) is 8.11. The first kappa shape index (κ1) is 12.4. The van der Waals surface area contributed by atoms with Crippen molar-refractivity contribution in [1.82, 2.24) is 0 Å². The molecular formula is C11H15NO2. The fourth-order valence-electron chi connectivity index (χ4n) is 0.797. The van der Waals surface area contributed by atoms with Crippen molar-refractivity contribution >= 4 is 5.97 Å². The lowest BCUT2D eigenvalue weighted by molar-refractivity contribution is -0.143. The lowest BCUT2D eigenvalue weighted by Crippen LogP contribution is -2.16. The zero-order valence-corrected chi connectivity index (χ0v) is 8.11. The third-order valence-corrected chi connectivity index (χ3v) is 1.41. The predicted octanol–water partition coefficient (Wildman–Crippen LogP) is 1.49. The summed E-state index contributed by atoms with van der Waals surface area (Å²) in [6.45, 7) is 6.24. The fraction of sp³-hybridized carbons (Fsp3) is 0.182. The summed E-state index contributed by atoms with van der Waals surface area (Å²) < 4.78 is 4.81. The molecule has 0 bridgehead atoms. The van der Waals surface area contributed by atoms with Crippen LogP contribution in [0.15, 0.2) is 43.5 Å². The Morgan fingerprint density at radius 2 is 1.86 bits per heavy atom. The third-order valence-electron chi connectivity index (χ3n) is 1.41. The highest BCUT2D eigenvalue weighted by molar-refractivity contribution is 5.71. The van der Waals surface area contributed by atoms with Gasteiger partial charge in [0.2, 0.25) is 0 Å². The highest BCUT2D eigenvalue weighted by Gasteiger charge is 1.97. The largest absolute Gasteiger partial charge is 0.460 e. The van der Waals surface area contributed by atoms with Gasteiger partial charge in [0.25, 0.3) is 0 Å². The van der Waals surface area contributed by atoms with Crippen LogP contribution in [0.25, 0.3) is 0 Å². The molecule has 0 fully saturated rings. The van der Waals surface area contributed by atoms with Crippen LogP contribution in [0.4, 0.5) is 0 Å². The number of ether oxygens (including phenoxy) is 1. The summed E-state index contributed by atoms with van der Waals surface area (Å²) in [6.07, 6.45) is 0. The van der Waals surface area contributed by atoms with Crippen LogP contribution in [0, 0.1) is 0 Å². The zero-order chi connectivity index (χ0) is 10.8. The highest BCUT2D eigenvalue weighted by Crippen LogP contribution is 1.99. The SMILES string of the molecule is C=C.NCC(=O)OCc1ccccc1. The lowest BCUT2D eigenvalue weighted by atomic mass is 10.2. The van der Waals surface area contributed by atoms with Crippen LogP contribution >= 0.6 is 0 Å². The maximum absolute atomic E-state index is 10.6. The van der Waals surface area contributed by atoms with Gasteiger partial charge in [-0.05, 0) is 5.56 Å². The van der Waals surface area contributed by atoms with E-state index in [2.05, 4.69) is 13.2 Å². The fourth-order valence-corrected chi connectivity index (χ4v) is 0.797. The Bertz CT molecular complexity index is 259. The van der Waals surface area contributed by atoms with Gasteiger partial charge in [-0.1, -0.05) is 30.3 Å². The molecule has 14 heavy (non-hydrogen) atoms. The maximum atomic E-state index is 10.6. The van der Waals surface area contributed by atoms with E-state index in [0.717, 1.165) is 5.56 Å². The Hall–Kier alpha value is -1.61. The smallest absolute Gasteiger partial charge is 0.320 e. The number of carbonyl (C=O) groups is 1. The van der Waals surface area contributed by atoms with Gasteiger partial charge in [0.15, 0.2) is 0 Å². The molecular weight excluding hydrogens is 178 g/mol. The minimum absolute atomic E-state index is 0.0627. The minimum atomic E-state index is -0.376. The Labute approximate surface area is 84.2 Å². The molecule has 0 aromatic heterocycles. The predicted molar refractivity (Wildman–Crippen MR) is 56.5 cm³/mol. The summed E-state index contributed by atoms with van der Waals surface area (Å²) in [7, 11) is 0. The lowest BCUT2D eigenvalue weighted by Gasteiger charge is -2.01. The van der Waals surface area contributed by atoms with Gasteiger partial charge >= 0.3 is 5.97 Å². The number of nitrogens with two attached hydrogens (primary N) is 1. The number of hydrogen-bond donors (Lipinski definition) is 1. The molecule has 1 aromatic rings. The molecule has 1 aromatic carbocycles. The van der Waals surface area contributed by atoms with Crippen LogP contribution in [-0.2, 0) is 16.1 Å². The van der Waals surface area contributed by atoms with Crippen molar-refractivity contribution in [3.05, 3.63) is 49.1 Å². The van der Waals surface area contributed by atoms with Gasteiger partial charge in [0, 0.05) is 0 Å². The second kappa shape index (κ2) is 8.01. The summed E-state index contributed by atoms with van der Waals surface area (Å²) in [4.78, 5) is 10.6. The number of carbonyl (C=O) groups excluding carboxylic acids is 1. The molecule has 0 saturated carbocycles. The van der Waals surface area contributed by atoms with Crippen LogP contribution in [0.2, 0.25) is 0 Å². The van der Waals surface area contributed by atoms with Gasteiger partial charge in [0.05, 0.1) is 6.54 Å². The molecule has 2 N–H and O–H groups in total. The highest BCUT2D eigenvalue weighted by atomic mass is 16.5. The van der Waals surface area contributed by atoms with Crippen molar-refractivity contribution in [2.75, 3.05) is 6.54 Å². The average molecular weight is 193 g/mol. The van der Waals surface area contributed by atoms with Crippen LogP contribution in [0.5, 0.6) is 0 Å². The molecule has 3 nitrogen and oxygen atoms in total. The third kappa shape index (κ3) is 5.11. The van der Waals surface area contributed by atoms with E-state index in [4.69, 9.17) is 10.5 Å². The van der Waals surface area contributed by atoms with Crippen molar-refractivity contribution in [3.8, 4) is 0 Å². The first-order valence-corrected chi connectivity index (χ1v) is 4.22. The van der Waals surface area contributed by atoms with E-state index in [1.54, 1.807) is 0 Å². The minimum Gasteiger partial charge on any atom is -0.460 e. The van der Waals surface area contributed by atoms with Crippen LogP contribution < -0.4 is 5.73 Å². The van der Waals surface area contributed by atoms with Gasteiger partial charge in [0.1, 0.15) is 6.61 Å². The van der Waals surface area contributed by atoms with Gasteiger partial charge in [-0.2, -0.15) is 0 Å². The van der Waals surface area contributed by atoms with E-state index in [1.807, 2.05) is 30.3 Å². The monoisotopic (exact) mass is 193 g/mol. The summed E-state index contributed by atoms with van der Waals surface area (Å²) in [5, 5.41) is 0. The molecule has 76 valence electrons. The van der Waals surface area contributed by atoms with E-state index in [1.165, 1.54) is 0 Å². The van der Waals surface area contributed by atoms with E-state index in [0.29, 0.717) is 6.61 Å². The topological polar surface area (TPSA) is 52.3 Å². The molecule has 0 unspecified atom stereocenters. The van der Waals surface area contributed by atoms with Crippen molar-refractivity contribution < 1.29 is 9.53 Å². The van der Waals surface area contributed by atoms with Crippen LogP contribution in [0.1, 0.15) is 5.56 Å². The molecule has 3 heteroatoms. The van der Waals surface area contributed by atoms with Gasteiger partial charge < -0.3 is 10.5 Å².